The van der Waals surface area contributed by atoms with Crippen LogP contribution in [-0.4, -0.2) is 29.9 Å². The Kier molecular flexibility index (Phi) is 6.57. The molecule has 0 bridgehead atoms. The van der Waals surface area contributed by atoms with Crippen molar-refractivity contribution in [3.63, 3.8) is 0 Å². The highest BCUT2D eigenvalue weighted by atomic mass is 16.2. The third-order valence-corrected chi connectivity index (χ3v) is 3.49. The van der Waals surface area contributed by atoms with Gasteiger partial charge in [0.2, 0.25) is 5.91 Å². The van der Waals surface area contributed by atoms with Crippen LogP contribution in [0.5, 0.6) is 0 Å². The number of carbonyl (C=O) groups is 1. The van der Waals surface area contributed by atoms with Crippen LogP contribution in [0.2, 0.25) is 0 Å². The van der Waals surface area contributed by atoms with Crippen molar-refractivity contribution in [2.24, 2.45) is 0 Å². The number of quaternary nitrogens is 1. The van der Waals surface area contributed by atoms with Crippen molar-refractivity contribution in [1.82, 2.24) is 4.90 Å². The Balaban J connectivity index is 2.37. The van der Waals surface area contributed by atoms with Gasteiger partial charge in [0.15, 0.2) is 0 Å². The number of nitrogens with two attached hydrogens (primary N) is 1. The summed E-state index contributed by atoms with van der Waals surface area (Å²) in [5.74, 6) is 0.262. The lowest BCUT2D eigenvalue weighted by Crippen LogP contribution is -2.88. The summed E-state index contributed by atoms with van der Waals surface area (Å²) < 4.78 is 0. The van der Waals surface area contributed by atoms with Gasteiger partial charge in [0.25, 0.3) is 0 Å². The Morgan fingerprint density at radius 3 is 2.32 bits per heavy atom. The monoisotopic (exact) mass is 263 g/mol. The lowest BCUT2D eigenvalue weighted by Gasteiger charge is -2.20. The normalized spacial score (nSPS) is 12.2. The van der Waals surface area contributed by atoms with Gasteiger partial charge >= 0.3 is 0 Å². The van der Waals surface area contributed by atoms with E-state index in [0.717, 1.165) is 19.6 Å². The zero-order chi connectivity index (χ0) is 14.3. The lowest BCUT2D eigenvalue weighted by molar-refractivity contribution is -0.700. The molecule has 3 nitrogen and oxygen atoms in total. The molecular weight excluding hydrogens is 236 g/mol. The summed E-state index contributed by atoms with van der Waals surface area (Å²) >= 11 is 0. The van der Waals surface area contributed by atoms with Crippen LogP contribution >= 0.6 is 0 Å². The van der Waals surface area contributed by atoms with E-state index in [9.17, 15) is 4.79 Å². The van der Waals surface area contributed by atoms with Gasteiger partial charge < -0.3 is 10.2 Å². The van der Waals surface area contributed by atoms with Crippen molar-refractivity contribution in [2.45, 2.75) is 46.7 Å². The number of aryl methyl sites for hydroxylation is 1. The van der Waals surface area contributed by atoms with Crippen molar-refractivity contribution in [3.05, 3.63) is 35.4 Å². The van der Waals surface area contributed by atoms with Crippen molar-refractivity contribution in [3.8, 4) is 0 Å². The Bertz CT molecular complexity index is 382. The molecule has 0 saturated carbocycles. The fourth-order valence-electron chi connectivity index (χ4n) is 2.13. The molecule has 1 rings (SSSR count). The van der Waals surface area contributed by atoms with Crippen molar-refractivity contribution < 1.29 is 10.1 Å². The fraction of sp³-hybridized carbons (Fsp3) is 0.562. The topological polar surface area (TPSA) is 36.9 Å². The van der Waals surface area contributed by atoms with Gasteiger partial charge in [-0.15, -0.1) is 0 Å². The first-order valence-corrected chi connectivity index (χ1v) is 7.23. The second kappa shape index (κ2) is 7.95. The summed E-state index contributed by atoms with van der Waals surface area (Å²) in [4.78, 5) is 13.9. The summed E-state index contributed by atoms with van der Waals surface area (Å²) in [5, 5.41) is 2.24. The van der Waals surface area contributed by atoms with Crippen LogP contribution in [0, 0.1) is 6.92 Å². The molecule has 1 atom stereocenters. The van der Waals surface area contributed by atoms with Crippen LogP contribution in [0.25, 0.3) is 0 Å². The molecule has 0 aliphatic rings. The zero-order valence-corrected chi connectivity index (χ0v) is 12.6. The molecule has 0 aliphatic carbocycles. The first-order valence-electron chi connectivity index (χ1n) is 7.23. The molecule has 1 aromatic rings. The average Bonchev–Trinajstić information content (AvgIpc) is 2.39. The number of carbonyl (C=O) groups excluding carboxylic acids is 1. The summed E-state index contributed by atoms with van der Waals surface area (Å²) in [6.07, 6.45) is 0.619. The van der Waals surface area contributed by atoms with Crippen molar-refractivity contribution in [1.29, 1.82) is 0 Å². The highest BCUT2D eigenvalue weighted by Crippen LogP contribution is 2.01. The van der Waals surface area contributed by atoms with E-state index in [1.165, 1.54) is 11.1 Å². The van der Waals surface area contributed by atoms with Gasteiger partial charge in [-0.05, 0) is 27.7 Å². The number of rotatable bonds is 7. The summed E-state index contributed by atoms with van der Waals surface area (Å²) in [6, 6.07) is 8.91. The number of nitrogens with zero attached hydrogens (tertiary/aromatic N) is 1. The van der Waals surface area contributed by atoms with Crippen LogP contribution in [-0.2, 0) is 11.3 Å². The molecular formula is C16H27N2O+. The van der Waals surface area contributed by atoms with Gasteiger partial charge in [-0.1, -0.05) is 29.8 Å². The van der Waals surface area contributed by atoms with Crippen molar-refractivity contribution in [2.75, 3.05) is 13.1 Å². The van der Waals surface area contributed by atoms with E-state index >= 15 is 0 Å². The predicted octanol–water partition coefficient (Wildman–Crippen LogP) is 1.71. The van der Waals surface area contributed by atoms with E-state index < -0.39 is 0 Å². The quantitative estimate of drug-likeness (QED) is 0.799. The number of benzene rings is 1. The van der Waals surface area contributed by atoms with E-state index in [1.807, 2.05) is 18.7 Å². The van der Waals surface area contributed by atoms with Gasteiger partial charge in [0.05, 0.1) is 12.5 Å². The molecule has 0 unspecified atom stereocenters. The second-order valence-electron chi connectivity index (χ2n) is 5.17. The molecule has 1 aromatic carbocycles. The maximum absolute atomic E-state index is 12.0. The molecule has 106 valence electrons. The molecule has 2 N–H and O–H groups in total. The van der Waals surface area contributed by atoms with E-state index in [2.05, 4.69) is 43.4 Å². The average molecular weight is 263 g/mol. The summed E-state index contributed by atoms with van der Waals surface area (Å²) in [5.41, 5.74) is 2.60. The van der Waals surface area contributed by atoms with Crippen LogP contribution in [0.3, 0.4) is 0 Å². The van der Waals surface area contributed by atoms with Gasteiger partial charge in [0, 0.05) is 18.7 Å². The fourth-order valence-corrected chi connectivity index (χ4v) is 2.13. The second-order valence-corrected chi connectivity index (χ2v) is 5.17. The van der Waals surface area contributed by atoms with E-state index in [0.29, 0.717) is 12.5 Å². The van der Waals surface area contributed by atoms with Gasteiger partial charge in [-0.2, -0.15) is 0 Å². The molecule has 3 heteroatoms. The van der Waals surface area contributed by atoms with E-state index in [-0.39, 0.29) is 5.91 Å². The van der Waals surface area contributed by atoms with Gasteiger partial charge in [0.1, 0.15) is 6.54 Å². The third kappa shape index (κ3) is 5.43. The smallest absolute Gasteiger partial charge is 0.228 e. The Morgan fingerprint density at radius 1 is 1.21 bits per heavy atom. The molecule has 0 heterocycles. The SMILES string of the molecule is CCN(CC)C(=O)C[C@@H](C)[NH2+]Cc1ccc(C)cc1. The predicted molar refractivity (Wildman–Crippen MR) is 78.8 cm³/mol. The van der Waals surface area contributed by atoms with E-state index in [4.69, 9.17) is 0 Å². The molecule has 0 radical (unpaired) electrons. The van der Waals surface area contributed by atoms with Crippen LogP contribution in [0.4, 0.5) is 0 Å². The molecule has 0 saturated heterocycles. The molecule has 0 spiro atoms. The number of hydrogen-bond donors (Lipinski definition) is 1. The largest absolute Gasteiger partial charge is 0.343 e. The Hall–Kier alpha value is -1.35. The molecule has 0 aliphatic heterocycles. The zero-order valence-electron chi connectivity index (χ0n) is 12.6. The number of amides is 1. The minimum absolute atomic E-state index is 0.262. The van der Waals surface area contributed by atoms with Crippen LogP contribution < -0.4 is 5.32 Å². The van der Waals surface area contributed by atoms with E-state index in [1.54, 1.807) is 0 Å². The number of hydrogen-bond acceptors (Lipinski definition) is 1. The molecule has 0 fully saturated rings. The van der Waals surface area contributed by atoms with Gasteiger partial charge in [-0.3, -0.25) is 4.79 Å². The first-order chi connectivity index (χ1) is 9.06. The highest BCUT2D eigenvalue weighted by Gasteiger charge is 2.15. The summed E-state index contributed by atoms with van der Waals surface area (Å²) in [6.45, 7) is 10.8. The maximum Gasteiger partial charge on any atom is 0.228 e. The third-order valence-electron chi connectivity index (χ3n) is 3.49. The molecule has 19 heavy (non-hydrogen) atoms. The minimum Gasteiger partial charge on any atom is -0.343 e. The Morgan fingerprint density at radius 2 is 1.79 bits per heavy atom. The summed E-state index contributed by atoms with van der Waals surface area (Å²) in [7, 11) is 0. The van der Waals surface area contributed by atoms with Crippen LogP contribution in [0.1, 0.15) is 38.3 Å². The minimum atomic E-state index is 0.262. The molecule has 1 amide bonds. The van der Waals surface area contributed by atoms with Crippen molar-refractivity contribution >= 4 is 5.91 Å². The lowest BCUT2D eigenvalue weighted by atomic mass is 10.1. The Labute approximate surface area is 117 Å². The first kappa shape index (κ1) is 15.7. The highest BCUT2D eigenvalue weighted by molar-refractivity contribution is 5.76. The standard InChI is InChI=1S/C16H26N2O/c1-5-18(6-2)16(19)11-14(4)17-12-15-9-7-13(3)8-10-15/h7-10,14,17H,5-6,11-12H2,1-4H3/p+1/t14-/m1/s1. The van der Waals surface area contributed by atoms with Crippen LogP contribution in [0.15, 0.2) is 24.3 Å². The van der Waals surface area contributed by atoms with Gasteiger partial charge in [-0.25, -0.2) is 0 Å². The maximum atomic E-state index is 12.0. The molecule has 0 aromatic heterocycles.